The Hall–Kier alpha value is -1.79. The number of benzene rings is 1. The predicted octanol–water partition coefficient (Wildman–Crippen LogP) is 0.859. The first-order valence-electron chi connectivity index (χ1n) is 11.2. The van der Waals surface area contributed by atoms with E-state index in [2.05, 4.69) is 64.4 Å². The molecule has 4 rings (SSSR count). The van der Waals surface area contributed by atoms with Crippen molar-refractivity contribution in [3.05, 3.63) is 41.7 Å². The largest absolute Gasteiger partial charge is 0.322 e. The summed E-state index contributed by atoms with van der Waals surface area (Å²) in [6, 6.07) is 11.9. The lowest BCUT2D eigenvalue weighted by molar-refractivity contribution is -1.03. The molecule has 2 fully saturated rings. The Morgan fingerprint density at radius 3 is 2.43 bits per heavy atom. The number of piperazine rings is 1. The molecule has 1 aromatic heterocycles. The molecule has 2 aromatic rings. The summed E-state index contributed by atoms with van der Waals surface area (Å²) in [6.07, 6.45) is 6.25. The minimum atomic E-state index is 0.425. The first-order chi connectivity index (χ1) is 13.7. The third-order valence-electron chi connectivity index (χ3n) is 6.60. The molecule has 6 nitrogen and oxygen atoms in total. The molecule has 6 heteroatoms. The van der Waals surface area contributed by atoms with Gasteiger partial charge in [0.05, 0.1) is 6.04 Å². The molecule has 0 radical (unpaired) electrons. The van der Waals surface area contributed by atoms with Gasteiger partial charge in [0.2, 0.25) is 5.82 Å². The fourth-order valence-electron chi connectivity index (χ4n) is 5.10. The van der Waals surface area contributed by atoms with Crippen LogP contribution < -0.4 is 9.80 Å². The highest BCUT2D eigenvalue weighted by Crippen LogP contribution is 2.30. The van der Waals surface area contributed by atoms with Crippen molar-refractivity contribution in [3.8, 4) is 0 Å². The highest BCUT2D eigenvalue weighted by molar-refractivity contribution is 5.13. The number of rotatable bonds is 7. The van der Waals surface area contributed by atoms with Crippen LogP contribution in [0.1, 0.15) is 69.4 Å². The molecule has 1 aliphatic carbocycles. The van der Waals surface area contributed by atoms with Gasteiger partial charge in [-0.25, -0.2) is 4.68 Å². The second kappa shape index (κ2) is 9.14. The van der Waals surface area contributed by atoms with Crippen LogP contribution in [0, 0.1) is 5.92 Å². The van der Waals surface area contributed by atoms with Crippen LogP contribution in [-0.2, 0) is 6.54 Å². The first kappa shape index (κ1) is 19.5. The average molecular weight is 385 g/mol. The predicted molar refractivity (Wildman–Crippen MR) is 109 cm³/mol. The molecule has 152 valence electrons. The van der Waals surface area contributed by atoms with Crippen molar-refractivity contribution in [2.75, 3.05) is 26.2 Å². The monoisotopic (exact) mass is 384 g/mol. The molecule has 0 unspecified atom stereocenters. The van der Waals surface area contributed by atoms with Gasteiger partial charge < -0.3 is 9.80 Å². The van der Waals surface area contributed by atoms with Gasteiger partial charge in [-0.15, -0.1) is 5.10 Å². The number of quaternary nitrogens is 2. The Balaban J connectivity index is 1.43. The van der Waals surface area contributed by atoms with E-state index in [4.69, 9.17) is 0 Å². The number of hydrogen-bond donors (Lipinski definition) is 2. The van der Waals surface area contributed by atoms with Crippen LogP contribution in [0.3, 0.4) is 0 Å². The molecular formula is C22H36N6+2. The number of hydrogen-bond acceptors (Lipinski definition) is 3. The summed E-state index contributed by atoms with van der Waals surface area (Å²) >= 11 is 0. The molecule has 1 aromatic carbocycles. The van der Waals surface area contributed by atoms with E-state index < -0.39 is 0 Å². The lowest BCUT2D eigenvalue weighted by Gasteiger charge is -2.35. The number of nitrogens with zero attached hydrogens (tertiary/aromatic N) is 4. The summed E-state index contributed by atoms with van der Waals surface area (Å²) < 4.78 is 2.19. The van der Waals surface area contributed by atoms with Gasteiger partial charge in [-0.1, -0.05) is 57.0 Å². The van der Waals surface area contributed by atoms with Crippen LogP contribution in [0.4, 0.5) is 0 Å². The lowest BCUT2D eigenvalue weighted by Crippen LogP contribution is -3.27. The van der Waals surface area contributed by atoms with E-state index in [1.165, 1.54) is 57.4 Å². The van der Waals surface area contributed by atoms with Gasteiger partial charge in [-0.3, -0.25) is 0 Å². The van der Waals surface area contributed by atoms with Gasteiger partial charge in [-0.05, 0) is 29.2 Å². The van der Waals surface area contributed by atoms with Crippen LogP contribution in [-0.4, -0.2) is 46.4 Å². The molecule has 1 atom stereocenters. The maximum atomic E-state index is 4.55. The van der Waals surface area contributed by atoms with E-state index in [0.29, 0.717) is 18.0 Å². The fourth-order valence-corrected chi connectivity index (χ4v) is 5.10. The standard InChI is InChI=1S/C22H34N6/c1-18(2)16-21(22-23-24-25-28(22)20-10-6-7-11-20)27-14-12-26(13-15-27)17-19-8-4-3-5-9-19/h3-5,8-9,18,20-21H,6-7,10-17H2,1-2H3/p+2/t21-/m0/s1. The third-order valence-corrected chi connectivity index (χ3v) is 6.60. The van der Waals surface area contributed by atoms with Gasteiger partial charge in [0.1, 0.15) is 32.7 Å². The Bertz CT molecular complexity index is 714. The van der Waals surface area contributed by atoms with Crippen molar-refractivity contribution in [1.29, 1.82) is 0 Å². The topological polar surface area (TPSA) is 52.5 Å². The van der Waals surface area contributed by atoms with E-state index in [0.717, 1.165) is 18.8 Å². The minimum absolute atomic E-state index is 0.425. The summed E-state index contributed by atoms with van der Waals surface area (Å²) in [4.78, 5) is 3.38. The summed E-state index contributed by atoms with van der Waals surface area (Å²) in [7, 11) is 0. The van der Waals surface area contributed by atoms with Crippen LogP contribution in [0.15, 0.2) is 30.3 Å². The maximum Gasteiger partial charge on any atom is 0.209 e. The van der Waals surface area contributed by atoms with Crippen molar-refractivity contribution in [1.82, 2.24) is 20.2 Å². The second-order valence-electron chi connectivity index (χ2n) is 9.17. The van der Waals surface area contributed by atoms with Crippen molar-refractivity contribution in [2.24, 2.45) is 5.92 Å². The molecule has 1 saturated heterocycles. The smallest absolute Gasteiger partial charge is 0.209 e. The van der Waals surface area contributed by atoms with E-state index in [9.17, 15) is 0 Å². The van der Waals surface area contributed by atoms with Crippen LogP contribution >= 0.6 is 0 Å². The van der Waals surface area contributed by atoms with E-state index in [1.54, 1.807) is 9.80 Å². The third kappa shape index (κ3) is 4.61. The van der Waals surface area contributed by atoms with Crippen molar-refractivity contribution in [2.45, 2.75) is 64.6 Å². The van der Waals surface area contributed by atoms with Crippen LogP contribution in [0.5, 0.6) is 0 Å². The molecule has 0 bridgehead atoms. The van der Waals surface area contributed by atoms with Crippen LogP contribution in [0.25, 0.3) is 0 Å². The zero-order valence-electron chi connectivity index (χ0n) is 17.5. The molecule has 1 saturated carbocycles. The summed E-state index contributed by atoms with van der Waals surface area (Å²) in [6.45, 7) is 10.7. The number of tetrazole rings is 1. The second-order valence-corrected chi connectivity index (χ2v) is 9.17. The lowest BCUT2D eigenvalue weighted by atomic mass is 10.0. The quantitative estimate of drug-likeness (QED) is 0.745. The van der Waals surface area contributed by atoms with E-state index in [-0.39, 0.29) is 0 Å². The Kier molecular flexibility index (Phi) is 6.37. The highest BCUT2D eigenvalue weighted by atomic mass is 15.6. The van der Waals surface area contributed by atoms with E-state index >= 15 is 0 Å². The molecular weight excluding hydrogens is 348 g/mol. The molecule has 2 aliphatic rings. The van der Waals surface area contributed by atoms with Gasteiger partial charge in [0.15, 0.2) is 6.04 Å². The number of nitrogens with one attached hydrogen (secondary N) is 2. The van der Waals surface area contributed by atoms with Gasteiger partial charge in [0.25, 0.3) is 0 Å². The van der Waals surface area contributed by atoms with Gasteiger partial charge in [-0.2, -0.15) is 0 Å². The Labute approximate surface area is 168 Å². The SMILES string of the molecule is CC(C)C[C@@H](c1nnnn1C1CCCC1)[NH+]1CC[NH+](Cc2ccccc2)CC1. The molecule has 28 heavy (non-hydrogen) atoms. The number of aromatic nitrogens is 4. The summed E-state index contributed by atoms with van der Waals surface area (Å²) in [5.74, 6) is 1.79. The zero-order chi connectivity index (χ0) is 19.3. The zero-order valence-corrected chi connectivity index (χ0v) is 17.5. The fraction of sp³-hybridized carbons (Fsp3) is 0.682. The van der Waals surface area contributed by atoms with Crippen LogP contribution in [0.2, 0.25) is 0 Å². The normalized spacial score (nSPS) is 24.7. The van der Waals surface area contributed by atoms with E-state index in [1.807, 2.05) is 0 Å². The first-order valence-corrected chi connectivity index (χ1v) is 11.2. The van der Waals surface area contributed by atoms with Crippen molar-refractivity contribution >= 4 is 0 Å². The molecule has 2 N–H and O–H groups in total. The Morgan fingerprint density at radius 2 is 1.75 bits per heavy atom. The molecule has 0 amide bonds. The molecule has 1 aliphatic heterocycles. The summed E-state index contributed by atoms with van der Waals surface area (Å²) in [5.41, 5.74) is 1.45. The average Bonchev–Trinajstić information content (AvgIpc) is 3.39. The highest BCUT2D eigenvalue weighted by Gasteiger charge is 2.36. The van der Waals surface area contributed by atoms with Crippen molar-refractivity contribution in [3.63, 3.8) is 0 Å². The maximum absolute atomic E-state index is 4.55. The van der Waals surface area contributed by atoms with Gasteiger partial charge >= 0.3 is 0 Å². The van der Waals surface area contributed by atoms with Gasteiger partial charge in [0, 0.05) is 12.0 Å². The minimum Gasteiger partial charge on any atom is -0.322 e. The molecule has 0 spiro atoms. The van der Waals surface area contributed by atoms with Crippen molar-refractivity contribution < 1.29 is 9.80 Å². The Morgan fingerprint density at radius 1 is 1.04 bits per heavy atom. The molecule has 2 heterocycles. The summed E-state index contributed by atoms with van der Waals surface area (Å²) in [5, 5.41) is 13.1.